The molecule has 2 rings (SSSR count). The van der Waals surface area contributed by atoms with Gasteiger partial charge in [-0.3, -0.25) is 0 Å². The summed E-state index contributed by atoms with van der Waals surface area (Å²) < 4.78 is 5.78. The lowest BCUT2D eigenvalue weighted by Gasteiger charge is -2.19. The van der Waals surface area contributed by atoms with Gasteiger partial charge in [-0.1, -0.05) is 38.1 Å². The van der Waals surface area contributed by atoms with E-state index in [1.165, 1.54) is 11.8 Å². The largest absolute Gasteiger partial charge is 0.456 e. The molecule has 0 aliphatic carbocycles. The summed E-state index contributed by atoms with van der Waals surface area (Å²) in [4.78, 5) is 4.08. The maximum atomic E-state index is 8.59. The smallest absolute Gasteiger partial charge is 0.188 e. The van der Waals surface area contributed by atoms with Crippen molar-refractivity contribution < 1.29 is 9.94 Å². The van der Waals surface area contributed by atoms with Crippen LogP contribution in [-0.2, 0) is 5.41 Å². The molecule has 0 aliphatic rings. The van der Waals surface area contributed by atoms with Crippen LogP contribution < -0.4 is 10.5 Å². The molecule has 3 N–H and O–H groups in total. The number of amidine groups is 1. The summed E-state index contributed by atoms with van der Waals surface area (Å²) in [6, 6.07) is 11.3. The van der Waals surface area contributed by atoms with Crippen molar-refractivity contribution >= 4 is 5.84 Å². The van der Waals surface area contributed by atoms with E-state index in [9.17, 15) is 0 Å². The third-order valence-electron chi connectivity index (χ3n) is 3.04. The molecule has 1 heterocycles. The fraction of sp³-hybridized carbons (Fsp3) is 0.250. The molecular formula is C16H19N3O2. The SMILES string of the molecule is CC(C)(C)c1cccc(Oc2ccc(/C(N)=N/O)nc2)c1. The maximum absolute atomic E-state index is 8.59. The van der Waals surface area contributed by atoms with E-state index >= 15 is 0 Å². The fourth-order valence-electron chi connectivity index (χ4n) is 1.81. The first-order valence-electron chi connectivity index (χ1n) is 6.62. The van der Waals surface area contributed by atoms with Crippen molar-refractivity contribution in [2.24, 2.45) is 10.9 Å². The Hall–Kier alpha value is -2.56. The maximum Gasteiger partial charge on any atom is 0.188 e. The minimum Gasteiger partial charge on any atom is -0.456 e. The Morgan fingerprint density at radius 1 is 1.19 bits per heavy atom. The lowest BCUT2D eigenvalue weighted by atomic mass is 9.87. The Bertz CT molecular complexity index is 643. The van der Waals surface area contributed by atoms with Gasteiger partial charge in [-0.25, -0.2) is 4.98 Å². The van der Waals surface area contributed by atoms with E-state index in [1.54, 1.807) is 12.1 Å². The number of rotatable bonds is 3. The molecule has 0 spiro atoms. The molecule has 2 aromatic rings. The molecule has 0 unspecified atom stereocenters. The topological polar surface area (TPSA) is 80.7 Å². The molecule has 0 bridgehead atoms. The number of hydrogen-bond donors (Lipinski definition) is 2. The van der Waals surface area contributed by atoms with Gasteiger partial charge in [0.25, 0.3) is 0 Å². The lowest BCUT2D eigenvalue weighted by Crippen LogP contribution is -2.14. The molecule has 0 aliphatic heterocycles. The summed E-state index contributed by atoms with van der Waals surface area (Å²) in [6.07, 6.45) is 1.54. The summed E-state index contributed by atoms with van der Waals surface area (Å²) in [6.45, 7) is 6.46. The second-order valence-corrected chi connectivity index (χ2v) is 5.74. The summed E-state index contributed by atoms with van der Waals surface area (Å²) in [5.41, 5.74) is 7.12. The molecule has 21 heavy (non-hydrogen) atoms. The van der Waals surface area contributed by atoms with Gasteiger partial charge in [-0.2, -0.15) is 0 Å². The van der Waals surface area contributed by atoms with E-state index in [-0.39, 0.29) is 11.3 Å². The second kappa shape index (κ2) is 5.83. The van der Waals surface area contributed by atoms with Gasteiger partial charge in [0.15, 0.2) is 5.84 Å². The minimum atomic E-state index is -0.0312. The number of pyridine rings is 1. The van der Waals surface area contributed by atoms with E-state index in [1.807, 2.05) is 18.2 Å². The van der Waals surface area contributed by atoms with Gasteiger partial charge < -0.3 is 15.7 Å². The van der Waals surface area contributed by atoms with Gasteiger partial charge in [0.1, 0.15) is 17.2 Å². The zero-order valence-corrected chi connectivity index (χ0v) is 12.4. The van der Waals surface area contributed by atoms with Crippen molar-refractivity contribution in [1.29, 1.82) is 0 Å². The molecule has 5 heteroatoms. The second-order valence-electron chi connectivity index (χ2n) is 5.74. The molecule has 0 radical (unpaired) electrons. The molecule has 0 saturated carbocycles. The molecule has 5 nitrogen and oxygen atoms in total. The van der Waals surface area contributed by atoms with E-state index < -0.39 is 0 Å². The van der Waals surface area contributed by atoms with Crippen molar-refractivity contribution in [3.63, 3.8) is 0 Å². The molecule has 1 aromatic heterocycles. The highest BCUT2D eigenvalue weighted by molar-refractivity contribution is 5.95. The average Bonchev–Trinajstić information content (AvgIpc) is 2.47. The molecule has 1 aromatic carbocycles. The first kappa shape index (κ1) is 14.8. The van der Waals surface area contributed by atoms with E-state index in [0.717, 1.165) is 5.75 Å². The van der Waals surface area contributed by atoms with Gasteiger partial charge in [-0.15, -0.1) is 0 Å². The third-order valence-corrected chi connectivity index (χ3v) is 3.04. The number of benzene rings is 1. The van der Waals surface area contributed by atoms with Crippen LogP contribution in [0.4, 0.5) is 0 Å². The van der Waals surface area contributed by atoms with Crippen LogP contribution in [0.5, 0.6) is 11.5 Å². The van der Waals surface area contributed by atoms with Crippen molar-refractivity contribution in [1.82, 2.24) is 4.98 Å². The first-order chi connectivity index (χ1) is 9.90. The zero-order chi connectivity index (χ0) is 15.5. The molecule has 110 valence electrons. The molecule has 0 atom stereocenters. The van der Waals surface area contributed by atoms with Crippen molar-refractivity contribution in [3.8, 4) is 11.5 Å². The van der Waals surface area contributed by atoms with Crippen LogP contribution in [-0.4, -0.2) is 16.0 Å². The summed E-state index contributed by atoms with van der Waals surface area (Å²) in [5.74, 6) is 1.31. The zero-order valence-electron chi connectivity index (χ0n) is 12.4. The van der Waals surface area contributed by atoms with Gasteiger partial charge in [0.2, 0.25) is 0 Å². The predicted octanol–water partition coefficient (Wildman–Crippen LogP) is 3.27. The fourth-order valence-corrected chi connectivity index (χ4v) is 1.81. The van der Waals surface area contributed by atoms with Crippen LogP contribution in [0.25, 0.3) is 0 Å². The lowest BCUT2D eigenvalue weighted by molar-refractivity contribution is 0.318. The highest BCUT2D eigenvalue weighted by Gasteiger charge is 2.14. The molecule has 0 amide bonds. The van der Waals surface area contributed by atoms with E-state index in [0.29, 0.717) is 11.4 Å². The predicted molar refractivity (Wildman–Crippen MR) is 82.0 cm³/mol. The number of nitrogens with zero attached hydrogens (tertiary/aromatic N) is 2. The van der Waals surface area contributed by atoms with Crippen LogP contribution >= 0.6 is 0 Å². The molecule has 0 fully saturated rings. The quantitative estimate of drug-likeness (QED) is 0.392. The monoisotopic (exact) mass is 285 g/mol. The van der Waals surface area contributed by atoms with Gasteiger partial charge in [0, 0.05) is 0 Å². The Morgan fingerprint density at radius 3 is 2.52 bits per heavy atom. The summed E-state index contributed by atoms with van der Waals surface area (Å²) >= 11 is 0. The van der Waals surface area contributed by atoms with Crippen LogP contribution in [0.3, 0.4) is 0 Å². The molecular weight excluding hydrogens is 266 g/mol. The number of aromatic nitrogens is 1. The number of oxime groups is 1. The summed E-state index contributed by atoms with van der Waals surface area (Å²) in [7, 11) is 0. The minimum absolute atomic E-state index is 0.0312. The number of hydrogen-bond acceptors (Lipinski definition) is 4. The van der Waals surface area contributed by atoms with Crippen LogP contribution in [0.1, 0.15) is 32.0 Å². The number of ether oxygens (including phenoxy) is 1. The Kier molecular flexibility index (Phi) is 4.12. The normalized spacial score (nSPS) is 12.2. The first-order valence-corrected chi connectivity index (χ1v) is 6.62. The third kappa shape index (κ3) is 3.72. The van der Waals surface area contributed by atoms with Crippen molar-refractivity contribution in [2.45, 2.75) is 26.2 Å². The Balaban J connectivity index is 2.19. The highest BCUT2D eigenvalue weighted by Crippen LogP contribution is 2.28. The van der Waals surface area contributed by atoms with Crippen LogP contribution in [0.15, 0.2) is 47.8 Å². The Labute approximate surface area is 124 Å². The highest BCUT2D eigenvalue weighted by atomic mass is 16.5. The van der Waals surface area contributed by atoms with Gasteiger partial charge in [0.05, 0.1) is 6.20 Å². The van der Waals surface area contributed by atoms with Crippen molar-refractivity contribution in [3.05, 3.63) is 53.9 Å². The summed E-state index contributed by atoms with van der Waals surface area (Å²) in [5, 5.41) is 11.5. The van der Waals surface area contributed by atoms with Gasteiger partial charge >= 0.3 is 0 Å². The van der Waals surface area contributed by atoms with Crippen LogP contribution in [0, 0.1) is 0 Å². The van der Waals surface area contributed by atoms with Crippen LogP contribution in [0.2, 0.25) is 0 Å². The number of nitrogens with two attached hydrogens (primary N) is 1. The standard InChI is InChI=1S/C16H19N3O2/c1-16(2,3)11-5-4-6-12(9-11)21-13-7-8-14(18-10-13)15(17)19-20/h4-10,20H,1-3H3,(H2,17,19). The van der Waals surface area contributed by atoms with Gasteiger partial charge in [-0.05, 0) is 35.2 Å². The average molecular weight is 285 g/mol. The van der Waals surface area contributed by atoms with Crippen molar-refractivity contribution in [2.75, 3.05) is 0 Å². The molecule has 0 saturated heterocycles. The van der Waals surface area contributed by atoms with E-state index in [2.05, 4.69) is 37.0 Å². The Morgan fingerprint density at radius 2 is 1.95 bits per heavy atom. The van der Waals surface area contributed by atoms with E-state index in [4.69, 9.17) is 15.7 Å².